The van der Waals surface area contributed by atoms with Crippen molar-refractivity contribution in [1.29, 1.82) is 0 Å². The Morgan fingerprint density at radius 2 is 1.05 bits per heavy atom. The van der Waals surface area contributed by atoms with Gasteiger partial charge in [0.05, 0.1) is 0 Å². The number of hydrogen-bond donors (Lipinski definition) is 0. The molecule has 6 aromatic carbocycles. The molecule has 0 saturated carbocycles. The minimum absolute atomic E-state index is 0.0107. The van der Waals surface area contributed by atoms with E-state index in [9.17, 15) is 0 Å². The van der Waals surface area contributed by atoms with Crippen molar-refractivity contribution < 1.29 is 4.42 Å². The fourth-order valence-corrected chi connectivity index (χ4v) is 10.2. The monoisotopic (exact) mass is 803 g/mol. The van der Waals surface area contributed by atoms with Gasteiger partial charge in [0, 0.05) is 60.8 Å². The number of aromatic nitrogens is 1. The molecule has 8 aromatic rings. The maximum absolute atomic E-state index is 7.18. The van der Waals surface area contributed by atoms with Crippen molar-refractivity contribution in [3.05, 3.63) is 124 Å². The Balaban J connectivity index is 1.45. The number of fused-ring (bicyclic) bond motifs is 11. The first-order valence-electron chi connectivity index (χ1n) is 22.5. The standard InChI is InChI=1S/C57H63BN2O/c1-32-17-22-48-40(23-32)42-31-47-50-49(52(42)61-48)43-29-37(57(14,15)16)28-41-39-27-33(53(2,3)4)19-21-45(39)60(51(41)43)58(50)44-20-18-34(54(5,6)7)30-46(44)59(47)38-25-35(55(8,9)10)24-36(26-38)56(11,12)13/h17-31H,1-16H3. The van der Waals surface area contributed by atoms with E-state index >= 15 is 0 Å². The molecule has 0 spiro atoms. The highest BCUT2D eigenvalue weighted by Gasteiger charge is 2.45. The van der Waals surface area contributed by atoms with Crippen molar-refractivity contribution in [3.8, 4) is 11.1 Å². The van der Waals surface area contributed by atoms with Crippen molar-refractivity contribution in [2.75, 3.05) is 4.90 Å². The predicted molar refractivity (Wildman–Crippen MR) is 265 cm³/mol. The largest absolute Gasteiger partial charge is 0.455 e. The third-order valence-corrected chi connectivity index (χ3v) is 13.9. The van der Waals surface area contributed by atoms with Crippen LogP contribution in [-0.2, 0) is 27.1 Å². The number of furan rings is 1. The summed E-state index contributed by atoms with van der Waals surface area (Å²) < 4.78 is 9.89. The molecule has 0 bridgehead atoms. The zero-order valence-electron chi connectivity index (χ0n) is 39.5. The van der Waals surface area contributed by atoms with E-state index in [1.807, 2.05) is 0 Å². The number of aryl methyl sites for hydroxylation is 1. The first kappa shape index (κ1) is 39.9. The van der Waals surface area contributed by atoms with E-state index in [-0.39, 0.29) is 33.9 Å². The van der Waals surface area contributed by atoms with Crippen LogP contribution >= 0.6 is 0 Å². The van der Waals surface area contributed by atoms with Crippen LogP contribution in [0.2, 0.25) is 0 Å². The van der Waals surface area contributed by atoms with Gasteiger partial charge < -0.3 is 13.8 Å². The zero-order valence-corrected chi connectivity index (χ0v) is 39.5. The molecule has 310 valence electrons. The van der Waals surface area contributed by atoms with Crippen molar-refractivity contribution in [2.24, 2.45) is 0 Å². The van der Waals surface area contributed by atoms with Crippen molar-refractivity contribution in [2.45, 2.75) is 138 Å². The average Bonchev–Trinajstić information content (AvgIpc) is 3.68. The van der Waals surface area contributed by atoms with Gasteiger partial charge in [-0.3, -0.25) is 0 Å². The summed E-state index contributed by atoms with van der Waals surface area (Å²) in [7, 11) is 0. The normalized spacial score (nSPS) is 14.5. The van der Waals surface area contributed by atoms with E-state index in [4.69, 9.17) is 4.42 Å². The summed E-state index contributed by atoms with van der Waals surface area (Å²) in [6, 6.07) is 36.2. The molecule has 4 heteroatoms. The topological polar surface area (TPSA) is 21.3 Å². The Kier molecular flexibility index (Phi) is 8.15. The van der Waals surface area contributed by atoms with Gasteiger partial charge >= 0.3 is 6.85 Å². The summed E-state index contributed by atoms with van der Waals surface area (Å²) in [4.78, 5) is 2.64. The highest BCUT2D eigenvalue weighted by molar-refractivity contribution is 6.90. The molecule has 0 aliphatic carbocycles. The third-order valence-electron chi connectivity index (χ3n) is 13.9. The highest BCUT2D eigenvalue weighted by Crippen LogP contribution is 2.51. The van der Waals surface area contributed by atoms with Crippen LogP contribution in [0.3, 0.4) is 0 Å². The van der Waals surface area contributed by atoms with E-state index in [0.29, 0.717) is 0 Å². The summed E-state index contributed by atoms with van der Waals surface area (Å²) in [6.45, 7) is 37.3. The maximum Gasteiger partial charge on any atom is 0.333 e. The lowest BCUT2D eigenvalue weighted by Gasteiger charge is -2.42. The fraction of sp³-hybridized carbons (Fsp3) is 0.368. The summed E-state index contributed by atoms with van der Waals surface area (Å²) in [6.07, 6.45) is 0. The van der Waals surface area contributed by atoms with Gasteiger partial charge in [-0.1, -0.05) is 140 Å². The van der Waals surface area contributed by atoms with Gasteiger partial charge in [-0.15, -0.1) is 0 Å². The first-order chi connectivity index (χ1) is 28.3. The van der Waals surface area contributed by atoms with Crippen LogP contribution in [0.4, 0.5) is 17.1 Å². The Bertz CT molecular complexity index is 3140. The van der Waals surface area contributed by atoms with Crippen LogP contribution in [0.1, 0.15) is 137 Å². The zero-order chi connectivity index (χ0) is 43.7. The molecule has 0 amide bonds. The second kappa shape index (κ2) is 12.5. The third kappa shape index (κ3) is 5.98. The molecule has 0 fully saturated rings. The van der Waals surface area contributed by atoms with Crippen molar-refractivity contribution >= 4 is 78.6 Å². The van der Waals surface area contributed by atoms with Crippen LogP contribution < -0.4 is 15.8 Å². The Morgan fingerprint density at radius 3 is 1.67 bits per heavy atom. The lowest BCUT2D eigenvalue weighted by atomic mass is 9.44. The van der Waals surface area contributed by atoms with E-state index in [0.717, 1.165) is 11.2 Å². The highest BCUT2D eigenvalue weighted by atomic mass is 16.3. The second-order valence-corrected chi connectivity index (χ2v) is 23.7. The molecule has 0 unspecified atom stereocenters. The summed E-state index contributed by atoms with van der Waals surface area (Å²) in [5, 5.41) is 4.98. The van der Waals surface area contributed by atoms with E-state index < -0.39 is 0 Å². The van der Waals surface area contributed by atoms with Crippen molar-refractivity contribution in [3.63, 3.8) is 0 Å². The maximum atomic E-state index is 7.18. The Hall–Kier alpha value is -5.22. The lowest BCUT2D eigenvalue weighted by molar-refractivity contribution is 0.569. The molecule has 0 saturated heterocycles. The van der Waals surface area contributed by atoms with Gasteiger partial charge in [0.15, 0.2) is 0 Å². The molecule has 61 heavy (non-hydrogen) atoms. The smallest absolute Gasteiger partial charge is 0.333 e. The van der Waals surface area contributed by atoms with Crippen LogP contribution in [0, 0.1) is 6.92 Å². The van der Waals surface area contributed by atoms with E-state index in [2.05, 4.69) is 211 Å². The number of hydrogen-bond acceptors (Lipinski definition) is 2. The molecule has 2 aromatic heterocycles. The van der Waals surface area contributed by atoms with E-state index in [1.54, 1.807) is 0 Å². The first-order valence-corrected chi connectivity index (χ1v) is 22.5. The predicted octanol–water partition coefficient (Wildman–Crippen LogP) is 14.9. The molecule has 0 atom stereocenters. The lowest BCUT2D eigenvalue weighted by Crippen LogP contribution is -2.56. The molecule has 2 aliphatic rings. The van der Waals surface area contributed by atoms with Gasteiger partial charge in [-0.05, 0) is 133 Å². The molecular formula is C57H63BN2O. The molecule has 2 aliphatic heterocycles. The number of anilines is 3. The molecular weight excluding hydrogens is 739 g/mol. The number of benzene rings is 6. The number of rotatable bonds is 1. The van der Waals surface area contributed by atoms with Gasteiger partial charge in [0.2, 0.25) is 0 Å². The summed E-state index contributed by atoms with van der Waals surface area (Å²) >= 11 is 0. The molecule has 0 radical (unpaired) electrons. The summed E-state index contributed by atoms with van der Waals surface area (Å²) in [5.41, 5.74) is 21.0. The molecule has 4 heterocycles. The molecule has 0 N–H and O–H groups in total. The quantitative estimate of drug-likeness (QED) is 0.154. The van der Waals surface area contributed by atoms with Crippen molar-refractivity contribution in [1.82, 2.24) is 4.48 Å². The van der Waals surface area contributed by atoms with Crippen LogP contribution in [-0.4, -0.2) is 11.3 Å². The Morgan fingerprint density at radius 1 is 0.475 bits per heavy atom. The van der Waals surface area contributed by atoms with Crippen LogP contribution in [0.25, 0.3) is 54.9 Å². The second-order valence-electron chi connectivity index (χ2n) is 23.7. The number of nitrogens with zero attached hydrogens (tertiary/aromatic N) is 2. The van der Waals surface area contributed by atoms with Gasteiger partial charge in [-0.25, -0.2) is 0 Å². The fourth-order valence-electron chi connectivity index (χ4n) is 10.2. The minimum atomic E-state index is -0.0778. The molecule has 10 rings (SSSR count). The van der Waals surface area contributed by atoms with Gasteiger partial charge in [0.25, 0.3) is 0 Å². The average molecular weight is 803 g/mol. The van der Waals surface area contributed by atoms with E-state index in [1.165, 1.54) is 105 Å². The molecule has 3 nitrogen and oxygen atoms in total. The van der Waals surface area contributed by atoms with Gasteiger partial charge in [0.1, 0.15) is 11.2 Å². The van der Waals surface area contributed by atoms with Crippen LogP contribution in [0.5, 0.6) is 0 Å². The SMILES string of the molecule is Cc1ccc2oc3c4c5c(cc3c2c1)N(c1cc(C(C)(C)C)cc(C(C)(C)C)c1)c1cc(C(C)(C)C)ccc1B5n1c2ccc(C(C)(C)C)cc2c2cc(C(C)(C)C)cc-4c21. The Labute approximate surface area is 364 Å². The minimum Gasteiger partial charge on any atom is -0.455 e. The summed E-state index contributed by atoms with van der Waals surface area (Å²) in [5.74, 6) is 0. The van der Waals surface area contributed by atoms with Gasteiger partial charge in [-0.2, -0.15) is 0 Å². The van der Waals surface area contributed by atoms with Crippen LogP contribution in [0.15, 0.2) is 95.4 Å².